The van der Waals surface area contributed by atoms with Crippen molar-refractivity contribution in [1.82, 2.24) is 0 Å². The smallest absolute Gasteiger partial charge is 0.343 e. The van der Waals surface area contributed by atoms with Gasteiger partial charge in [-0.15, -0.1) is 0 Å². The Hall–Kier alpha value is -1.25. The average molecular weight is 250 g/mol. The predicted molar refractivity (Wildman–Crippen MR) is 71.0 cm³/mol. The van der Waals surface area contributed by atoms with Crippen molar-refractivity contribution in [3.8, 4) is 5.75 Å². The minimum absolute atomic E-state index is 0.112. The molecule has 0 bridgehead atoms. The minimum Gasteiger partial charge on any atom is -0.507 e. The molecular formula is C15H22O3. The molecule has 1 aliphatic rings. The second kappa shape index (κ2) is 5.59. The fraction of sp³-hybridized carbons (Fsp3) is 0.667. The molecule has 1 atom stereocenters. The van der Waals surface area contributed by atoms with E-state index in [1.54, 1.807) is 13.0 Å². The lowest BCUT2D eigenvalue weighted by Crippen LogP contribution is -2.21. The highest BCUT2D eigenvalue weighted by Crippen LogP contribution is 2.39. The van der Waals surface area contributed by atoms with E-state index in [0.29, 0.717) is 17.2 Å². The molecule has 1 saturated carbocycles. The van der Waals surface area contributed by atoms with Crippen molar-refractivity contribution in [1.29, 1.82) is 0 Å². The third-order valence-electron chi connectivity index (χ3n) is 4.12. The van der Waals surface area contributed by atoms with Crippen LogP contribution in [0, 0.1) is 12.8 Å². The first kappa shape index (κ1) is 13.2. The third-order valence-corrected chi connectivity index (χ3v) is 4.12. The van der Waals surface area contributed by atoms with Gasteiger partial charge < -0.3 is 9.52 Å². The first-order valence-corrected chi connectivity index (χ1v) is 6.97. The molecule has 3 nitrogen and oxygen atoms in total. The van der Waals surface area contributed by atoms with Crippen LogP contribution < -0.4 is 5.63 Å². The van der Waals surface area contributed by atoms with E-state index in [2.05, 4.69) is 6.92 Å². The number of hydrogen-bond acceptors (Lipinski definition) is 3. The largest absolute Gasteiger partial charge is 0.507 e. The van der Waals surface area contributed by atoms with Crippen LogP contribution in [0.4, 0.5) is 0 Å². The van der Waals surface area contributed by atoms with Gasteiger partial charge in [0.25, 0.3) is 0 Å². The van der Waals surface area contributed by atoms with E-state index < -0.39 is 0 Å². The maximum Gasteiger partial charge on any atom is 0.343 e. The molecule has 0 saturated heterocycles. The van der Waals surface area contributed by atoms with Crippen molar-refractivity contribution >= 4 is 0 Å². The summed E-state index contributed by atoms with van der Waals surface area (Å²) < 4.78 is 5.15. The molecule has 18 heavy (non-hydrogen) atoms. The standard InChI is InChI=1S/C15H22O3/c1-3-12(11-7-5-4-6-8-11)14-13(16)9-10(2)18-15(14)17/h9,11-12,16H,3-8H2,1-2H3/t12-/m1/s1. The van der Waals surface area contributed by atoms with Gasteiger partial charge in [0.1, 0.15) is 11.5 Å². The Balaban J connectivity index is 2.35. The molecule has 2 rings (SSSR count). The summed E-state index contributed by atoms with van der Waals surface area (Å²) in [4.78, 5) is 12.0. The van der Waals surface area contributed by atoms with Gasteiger partial charge in [0.05, 0.1) is 5.56 Å². The third kappa shape index (κ3) is 2.60. The van der Waals surface area contributed by atoms with Crippen molar-refractivity contribution in [3.05, 3.63) is 27.8 Å². The van der Waals surface area contributed by atoms with Crippen molar-refractivity contribution in [2.45, 2.75) is 58.3 Å². The Kier molecular flexibility index (Phi) is 4.10. The van der Waals surface area contributed by atoms with Gasteiger partial charge in [0, 0.05) is 6.07 Å². The van der Waals surface area contributed by atoms with Gasteiger partial charge in [-0.2, -0.15) is 0 Å². The van der Waals surface area contributed by atoms with E-state index in [9.17, 15) is 9.90 Å². The quantitative estimate of drug-likeness (QED) is 0.889. The van der Waals surface area contributed by atoms with Crippen LogP contribution in [-0.4, -0.2) is 5.11 Å². The Morgan fingerprint density at radius 2 is 2.06 bits per heavy atom. The zero-order valence-corrected chi connectivity index (χ0v) is 11.2. The second-order valence-corrected chi connectivity index (χ2v) is 5.36. The van der Waals surface area contributed by atoms with Gasteiger partial charge in [0.2, 0.25) is 0 Å². The van der Waals surface area contributed by atoms with Crippen LogP contribution in [0.3, 0.4) is 0 Å². The topological polar surface area (TPSA) is 50.4 Å². The summed E-state index contributed by atoms with van der Waals surface area (Å²) in [5, 5.41) is 10.0. The Labute approximate surface area is 108 Å². The number of aryl methyl sites for hydroxylation is 1. The van der Waals surface area contributed by atoms with Crippen molar-refractivity contribution in [2.75, 3.05) is 0 Å². The second-order valence-electron chi connectivity index (χ2n) is 5.36. The summed E-state index contributed by atoms with van der Waals surface area (Å²) in [7, 11) is 0. The Morgan fingerprint density at radius 3 is 2.61 bits per heavy atom. The van der Waals surface area contributed by atoms with Crippen LogP contribution in [0.1, 0.15) is 62.7 Å². The van der Waals surface area contributed by atoms with E-state index >= 15 is 0 Å². The van der Waals surface area contributed by atoms with E-state index in [4.69, 9.17) is 4.42 Å². The maximum atomic E-state index is 12.0. The van der Waals surface area contributed by atoms with Crippen LogP contribution in [0.2, 0.25) is 0 Å². The highest BCUT2D eigenvalue weighted by Gasteiger charge is 2.28. The molecule has 1 aromatic rings. The van der Waals surface area contributed by atoms with Crippen LogP contribution in [0.5, 0.6) is 5.75 Å². The highest BCUT2D eigenvalue weighted by molar-refractivity contribution is 5.33. The van der Waals surface area contributed by atoms with Gasteiger partial charge in [-0.25, -0.2) is 4.79 Å². The highest BCUT2D eigenvalue weighted by atomic mass is 16.4. The number of rotatable bonds is 3. The first-order chi connectivity index (χ1) is 8.63. The lowest BCUT2D eigenvalue weighted by atomic mass is 9.76. The van der Waals surface area contributed by atoms with Gasteiger partial charge >= 0.3 is 5.63 Å². The van der Waals surface area contributed by atoms with E-state index in [1.165, 1.54) is 19.3 Å². The van der Waals surface area contributed by atoms with E-state index in [1.807, 2.05) is 0 Å². The molecule has 1 aromatic heterocycles. The molecule has 0 radical (unpaired) electrons. The molecule has 0 aliphatic heterocycles. The lowest BCUT2D eigenvalue weighted by molar-refractivity contribution is 0.285. The summed E-state index contributed by atoms with van der Waals surface area (Å²) in [6.07, 6.45) is 6.96. The molecule has 0 aromatic carbocycles. The Morgan fingerprint density at radius 1 is 1.39 bits per heavy atom. The van der Waals surface area contributed by atoms with Gasteiger partial charge in [-0.3, -0.25) is 0 Å². The summed E-state index contributed by atoms with van der Waals surface area (Å²) >= 11 is 0. The number of hydrogen-bond donors (Lipinski definition) is 1. The van der Waals surface area contributed by atoms with Gasteiger partial charge in [-0.05, 0) is 38.0 Å². The van der Waals surface area contributed by atoms with Gasteiger partial charge in [0.15, 0.2) is 0 Å². The van der Waals surface area contributed by atoms with E-state index in [-0.39, 0.29) is 17.3 Å². The van der Waals surface area contributed by atoms with Crippen LogP contribution in [-0.2, 0) is 0 Å². The monoisotopic (exact) mass is 250 g/mol. The minimum atomic E-state index is -0.357. The lowest BCUT2D eigenvalue weighted by Gasteiger charge is -2.29. The van der Waals surface area contributed by atoms with Crippen LogP contribution in [0.15, 0.2) is 15.3 Å². The van der Waals surface area contributed by atoms with Crippen LogP contribution >= 0.6 is 0 Å². The molecule has 1 heterocycles. The Bertz CT molecular complexity index is 455. The molecule has 1 aliphatic carbocycles. The first-order valence-electron chi connectivity index (χ1n) is 6.97. The molecule has 0 unspecified atom stereocenters. The van der Waals surface area contributed by atoms with Crippen molar-refractivity contribution in [2.24, 2.45) is 5.92 Å². The summed E-state index contributed by atoms with van der Waals surface area (Å²) in [6, 6.07) is 1.56. The van der Waals surface area contributed by atoms with Gasteiger partial charge in [-0.1, -0.05) is 26.2 Å². The normalized spacial score (nSPS) is 18.8. The van der Waals surface area contributed by atoms with Crippen LogP contribution in [0.25, 0.3) is 0 Å². The maximum absolute atomic E-state index is 12.0. The molecule has 1 fully saturated rings. The molecule has 0 spiro atoms. The molecular weight excluding hydrogens is 228 g/mol. The summed E-state index contributed by atoms with van der Waals surface area (Å²) in [5.74, 6) is 1.24. The molecule has 100 valence electrons. The fourth-order valence-corrected chi connectivity index (χ4v) is 3.26. The molecule has 3 heteroatoms. The average Bonchev–Trinajstić information content (AvgIpc) is 2.34. The number of aromatic hydroxyl groups is 1. The summed E-state index contributed by atoms with van der Waals surface area (Å²) in [6.45, 7) is 3.77. The molecule has 0 amide bonds. The fourth-order valence-electron chi connectivity index (χ4n) is 3.26. The van der Waals surface area contributed by atoms with E-state index in [0.717, 1.165) is 19.3 Å². The SMILES string of the molecule is CC[C@@H](c1c(O)cc(C)oc1=O)C1CCCCC1. The van der Waals surface area contributed by atoms with Crippen molar-refractivity contribution in [3.63, 3.8) is 0 Å². The molecule has 1 N–H and O–H groups in total. The predicted octanol–water partition coefficient (Wildman–Crippen LogP) is 3.73. The van der Waals surface area contributed by atoms with Crippen molar-refractivity contribution < 1.29 is 9.52 Å². The summed E-state index contributed by atoms with van der Waals surface area (Å²) in [5.41, 5.74) is 0.139. The zero-order chi connectivity index (χ0) is 13.1. The zero-order valence-electron chi connectivity index (χ0n) is 11.2.